The number of nitrogens with zero attached hydrogens (tertiary/aromatic N) is 1. The molecule has 1 amide bonds. The van der Waals surface area contributed by atoms with Crippen LogP contribution in [0.4, 0.5) is 9.59 Å². The maximum Gasteiger partial charge on any atom is 0.508 e. The summed E-state index contributed by atoms with van der Waals surface area (Å²) in [6, 6.07) is 0. The van der Waals surface area contributed by atoms with Gasteiger partial charge in [0.05, 0.1) is 26.4 Å². The lowest BCUT2D eigenvalue weighted by atomic mass is 9.45. The Morgan fingerprint density at radius 1 is 1.00 bits per heavy atom. The van der Waals surface area contributed by atoms with Crippen LogP contribution in [0.5, 0.6) is 0 Å². The Morgan fingerprint density at radius 2 is 1.65 bits per heavy atom. The van der Waals surface area contributed by atoms with Crippen molar-refractivity contribution in [1.29, 1.82) is 0 Å². The van der Waals surface area contributed by atoms with Crippen LogP contribution < -0.4 is 0 Å². The van der Waals surface area contributed by atoms with E-state index in [4.69, 9.17) is 28.1 Å². The molecule has 5 aliphatic rings. The van der Waals surface area contributed by atoms with Gasteiger partial charge in [0.25, 0.3) is 0 Å². The van der Waals surface area contributed by atoms with E-state index < -0.39 is 20.6 Å². The number of hydrogen-bond donors (Lipinski definition) is 0. The highest BCUT2D eigenvalue weighted by molar-refractivity contribution is 6.74. The lowest BCUT2D eigenvalue weighted by Crippen LogP contribution is -2.62. The average Bonchev–Trinajstić information content (AvgIpc) is 3.34. The van der Waals surface area contributed by atoms with Gasteiger partial charge in [0.15, 0.2) is 14.6 Å². The Labute approximate surface area is 291 Å². The Bertz CT molecular complexity index is 1230. The van der Waals surface area contributed by atoms with E-state index in [0.717, 1.165) is 25.7 Å². The average molecular weight is 692 g/mol. The van der Waals surface area contributed by atoms with E-state index in [1.807, 2.05) is 0 Å². The summed E-state index contributed by atoms with van der Waals surface area (Å²) in [7, 11) is 2.59. The Morgan fingerprint density at radius 3 is 2.23 bits per heavy atom. The van der Waals surface area contributed by atoms with Crippen LogP contribution in [0.15, 0.2) is 11.6 Å². The summed E-state index contributed by atoms with van der Waals surface area (Å²) >= 11 is 0. The molecular weight excluding hydrogens is 627 g/mol. The highest BCUT2D eigenvalue weighted by Gasteiger charge is 2.65. The molecule has 10 heteroatoms. The van der Waals surface area contributed by atoms with Crippen molar-refractivity contribution in [3.05, 3.63) is 11.6 Å². The zero-order chi connectivity index (χ0) is 35.6. The molecule has 0 aromatic rings. The first kappa shape index (κ1) is 37.6. The van der Waals surface area contributed by atoms with E-state index in [1.165, 1.54) is 17.6 Å². The van der Waals surface area contributed by atoms with Crippen LogP contribution in [0.25, 0.3) is 0 Å². The fourth-order valence-corrected chi connectivity index (χ4v) is 11.4. The normalized spacial score (nSPS) is 38.9. The summed E-state index contributed by atoms with van der Waals surface area (Å²) in [4.78, 5) is 27.1. The van der Waals surface area contributed by atoms with E-state index in [9.17, 15) is 9.59 Å². The second kappa shape index (κ2) is 13.2. The highest BCUT2D eigenvalue weighted by atomic mass is 28.4. The highest BCUT2D eigenvalue weighted by Crippen LogP contribution is 2.68. The van der Waals surface area contributed by atoms with Crippen LogP contribution in [0.1, 0.15) is 93.9 Å². The molecule has 1 heterocycles. The molecule has 5 rings (SSSR count). The first-order chi connectivity index (χ1) is 22.1. The Kier molecular flexibility index (Phi) is 10.3. The lowest BCUT2D eigenvalue weighted by molar-refractivity contribution is -0.253. The van der Waals surface area contributed by atoms with Gasteiger partial charge in [-0.15, -0.1) is 0 Å². The molecule has 274 valence electrons. The molecule has 1 aliphatic heterocycles. The summed E-state index contributed by atoms with van der Waals surface area (Å²) in [6.07, 6.45) is 5.65. The largest absolute Gasteiger partial charge is 0.508 e. The molecule has 0 radical (unpaired) electrons. The zero-order valence-corrected chi connectivity index (χ0v) is 33.1. The van der Waals surface area contributed by atoms with Gasteiger partial charge in [0.1, 0.15) is 12.2 Å². The molecule has 48 heavy (non-hydrogen) atoms. The number of rotatable bonds is 6. The van der Waals surface area contributed by atoms with Gasteiger partial charge in [0, 0.05) is 49.6 Å². The van der Waals surface area contributed by atoms with E-state index in [2.05, 4.69) is 74.6 Å². The Hall–Kier alpha value is -1.62. The molecule has 0 spiro atoms. The molecule has 0 N–H and O–H groups in total. The predicted octanol–water partition coefficient (Wildman–Crippen LogP) is 8.43. The van der Waals surface area contributed by atoms with Crippen molar-refractivity contribution >= 4 is 20.6 Å². The second-order valence-corrected chi connectivity index (χ2v) is 23.5. The summed E-state index contributed by atoms with van der Waals surface area (Å²) in [5.41, 5.74) is 0.975. The minimum atomic E-state index is -2.22. The summed E-state index contributed by atoms with van der Waals surface area (Å²) in [6.45, 7) is 24.5. The van der Waals surface area contributed by atoms with Crippen molar-refractivity contribution in [3.8, 4) is 0 Å². The van der Waals surface area contributed by atoms with Crippen molar-refractivity contribution in [2.24, 2.45) is 45.8 Å². The van der Waals surface area contributed by atoms with Gasteiger partial charge in [-0.2, -0.15) is 0 Å². The maximum absolute atomic E-state index is 12.8. The van der Waals surface area contributed by atoms with Crippen LogP contribution >= 0.6 is 0 Å². The van der Waals surface area contributed by atoms with Crippen LogP contribution in [0.2, 0.25) is 18.1 Å². The molecule has 0 aromatic heterocycles. The summed E-state index contributed by atoms with van der Waals surface area (Å²) in [5.74, 6) is 1.40. The van der Waals surface area contributed by atoms with Gasteiger partial charge < -0.3 is 33.0 Å². The van der Waals surface area contributed by atoms with E-state index in [0.29, 0.717) is 37.9 Å². The molecule has 0 aromatic carbocycles. The van der Waals surface area contributed by atoms with Crippen LogP contribution in [-0.4, -0.2) is 84.5 Å². The Balaban J connectivity index is 1.53. The number of carbonyl (C=O) groups excluding carboxylic acids is 2. The van der Waals surface area contributed by atoms with Crippen LogP contribution in [0.3, 0.4) is 0 Å². The molecule has 0 bridgehead atoms. The molecule has 10 atom stereocenters. The van der Waals surface area contributed by atoms with Crippen molar-refractivity contribution < 1.29 is 37.7 Å². The van der Waals surface area contributed by atoms with Gasteiger partial charge >= 0.3 is 12.2 Å². The number of methoxy groups -OCH3 is 1. The third kappa shape index (κ3) is 6.73. The molecule has 3 saturated carbocycles. The van der Waals surface area contributed by atoms with Gasteiger partial charge in [-0.1, -0.05) is 61.0 Å². The minimum Gasteiger partial charge on any atom is -0.446 e. The minimum absolute atomic E-state index is 0.0174. The maximum atomic E-state index is 12.8. The molecule has 9 nitrogen and oxygen atoms in total. The second-order valence-electron chi connectivity index (χ2n) is 18.8. The van der Waals surface area contributed by atoms with Gasteiger partial charge in [0.2, 0.25) is 0 Å². The lowest BCUT2D eigenvalue weighted by Gasteiger charge is -2.62. The smallest absolute Gasteiger partial charge is 0.446 e. The third-order valence-electron chi connectivity index (χ3n) is 13.8. The molecule has 4 aliphatic carbocycles. The fraction of sp³-hybridized carbons (Fsp3) is 0.895. The number of ether oxygens (including phenoxy) is 5. The SMILES string of the molecule is COC(=O)O[C@@H]1C=C2C[C@@H](OC(=O)N(C)C)C[C@H](O[Si](C)(C)C(C)(C)C)[C@]2(C)[C@H]2CC[C@]3(C)[C@@H](C(C)C4OCC(C)(C)CO4)CC[C@H]3[C@H]12. The number of hydrogen-bond acceptors (Lipinski definition) is 8. The predicted molar refractivity (Wildman–Crippen MR) is 188 cm³/mol. The quantitative estimate of drug-likeness (QED) is 0.156. The molecule has 4 fully saturated rings. The number of amides is 1. The first-order valence-electron chi connectivity index (χ1n) is 18.4. The monoisotopic (exact) mass is 691 g/mol. The zero-order valence-electron chi connectivity index (χ0n) is 32.1. The van der Waals surface area contributed by atoms with Crippen LogP contribution in [0, 0.1) is 45.8 Å². The van der Waals surface area contributed by atoms with Gasteiger partial charge in [-0.05, 0) is 73.1 Å². The number of fused-ring (bicyclic) bond motifs is 5. The molecule has 1 saturated heterocycles. The number of carbonyl (C=O) groups is 2. The van der Waals surface area contributed by atoms with Gasteiger partial charge in [-0.3, -0.25) is 0 Å². The molecule has 1 unspecified atom stereocenters. The third-order valence-corrected chi connectivity index (χ3v) is 18.3. The van der Waals surface area contributed by atoms with E-state index in [1.54, 1.807) is 14.1 Å². The topological polar surface area (TPSA) is 92.8 Å². The fourth-order valence-electron chi connectivity index (χ4n) is 10.0. The van der Waals surface area contributed by atoms with Crippen molar-refractivity contribution in [2.75, 3.05) is 34.4 Å². The van der Waals surface area contributed by atoms with Crippen molar-refractivity contribution in [3.63, 3.8) is 0 Å². The summed E-state index contributed by atoms with van der Waals surface area (Å²) < 4.78 is 37.5. The van der Waals surface area contributed by atoms with Crippen LogP contribution in [-0.2, 0) is 28.1 Å². The van der Waals surface area contributed by atoms with Crippen molar-refractivity contribution in [2.45, 2.75) is 137 Å². The van der Waals surface area contributed by atoms with E-state index in [-0.39, 0.29) is 63.6 Å². The van der Waals surface area contributed by atoms with Gasteiger partial charge in [-0.25, -0.2) is 9.59 Å². The summed E-state index contributed by atoms with van der Waals surface area (Å²) in [5, 5.41) is 0.0174. The standard InChI is InChI=1S/C38H65NO8Si/c1-23(32-43-21-36(5,6)22-44-32)26-14-15-27-31-28(16-17-37(26,27)7)38(8)24(19-29(31)46-34(41)42-11)18-25(45-33(40)39(9)10)20-30(38)47-48(12,13)35(2,3)4/h19,23,25-32H,14-18,20-22H2,1-13H3/t23?,25-,26-,27+,28+,29-,30+,31+,37-,38+/m1/s1. The molecular formula is C38H65NO8Si. The first-order valence-corrected chi connectivity index (χ1v) is 21.3. The van der Waals surface area contributed by atoms with Crippen molar-refractivity contribution in [1.82, 2.24) is 4.90 Å². The van der Waals surface area contributed by atoms with E-state index >= 15 is 0 Å².